The van der Waals surface area contributed by atoms with E-state index in [1.807, 2.05) is 6.07 Å². The summed E-state index contributed by atoms with van der Waals surface area (Å²) in [5, 5.41) is 21.6. The summed E-state index contributed by atoms with van der Waals surface area (Å²) in [5.41, 5.74) is -5.60. The molecule has 1 unspecified atom stereocenters. The minimum atomic E-state index is -4.64. The molecule has 1 aliphatic heterocycles. The Morgan fingerprint density at radius 2 is 1.24 bits per heavy atom. The van der Waals surface area contributed by atoms with Crippen molar-refractivity contribution in [2.75, 3.05) is 9.80 Å². The fourth-order valence-corrected chi connectivity index (χ4v) is 4.52. The summed E-state index contributed by atoms with van der Waals surface area (Å²) in [7, 11) is 0. The molecule has 3 aromatic carbocycles. The molecular formula is C26H19F6N3O2. The van der Waals surface area contributed by atoms with E-state index < -0.39 is 40.8 Å². The van der Waals surface area contributed by atoms with Crippen LogP contribution in [0.25, 0.3) is 0 Å². The monoisotopic (exact) mass is 519 g/mol. The van der Waals surface area contributed by atoms with Gasteiger partial charge in [-0.05, 0) is 74.5 Å². The summed E-state index contributed by atoms with van der Waals surface area (Å²) in [6, 6.07) is 14.0. The van der Waals surface area contributed by atoms with Crippen LogP contribution in [0.1, 0.15) is 36.1 Å². The molecule has 0 saturated carbocycles. The van der Waals surface area contributed by atoms with Gasteiger partial charge in [-0.25, -0.2) is 4.79 Å². The molecule has 1 saturated heterocycles. The first-order valence-electron chi connectivity index (χ1n) is 10.8. The molecular weight excluding hydrogens is 500 g/mol. The fourth-order valence-electron chi connectivity index (χ4n) is 4.52. The van der Waals surface area contributed by atoms with E-state index in [1.54, 1.807) is 0 Å². The van der Waals surface area contributed by atoms with Gasteiger partial charge in [-0.3, -0.25) is 9.80 Å². The van der Waals surface area contributed by atoms with Gasteiger partial charge in [0.2, 0.25) is 0 Å². The van der Waals surface area contributed by atoms with Gasteiger partial charge in [0.15, 0.2) is 5.72 Å². The molecule has 192 valence electrons. The number of alkyl halides is 6. The molecule has 1 aliphatic rings. The Bertz CT molecular complexity index is 1380. The van der Waals surface area contributed by atoms with E-state index in [4.69, 9.17) is 0 Å². The first-order valence-corrected chi connectivity index (χ1v) is 10.8. The number of benzene rings is 3. The Morgan fingerprint density at radius 3 is 1.68 bits per heavy atom. The van der Waals surface area contributed by atoms with Crippen LogP contribution >= 0.6 is 0 Å². The van der Waals surface area contributed by atoms with E-state index in [2.05, 4.69) is 0 Å². The molecule has 1 heterocycles. The maximum atomic E-state index is 13.8. The molecule has 0 bridgehead atoms. The number of urea groups is 1. The molecule has 0 radical (unpaired) electrons. The first-order chi connectivity index (χ1) is 17.1. The van der Waals surface area contributed by atoms with E-state index in [9.17, 15) is 41.5 Å². The Hall–Kier alpha value is -4.04. The number of carbonyl (C=O) groups is 1. The van der Waals surface area contributed by atoms with E-state index in [1.165, 1.54) is 38.1 Å². The normalized spacial score (nSPS) is 19.7. The molecule has 11 heteroatoms. The molecule has 37 heavy (non-hydrogen) atoms. The standard InChI is InChI=1S/C26H19F6N3O2/c1-23(2)24(37,19-5-3-4-16(14-19)15-33)35(21-12-8-18(9-13-21)26(30,31)32)22(36)34(23)20-10-6-17(7-11-20)25(27,28)29/h3-14,37H,1-2H3. The number of nitriles is 1. The SMILES string of the molecule is CC1(C)N(c2ccc(C(F)(F)F)cc2)C(=O)N(c2ccc(C(F)(F)F)cc2)C1(O)c1cccc(C#N)c1. The van der Waals surface area contributed by atoms with Crippen LogP contribution in [0.4, 0.5) is 42.5 Å². The highest BCUT2D eigenvalue weighted by atomic mass is 19.4. The lowest BCUT2D eigenvalue weighted by atomic mass is 9.83. The molecule has 5 nitrogen and oxygen atoms in total. The summed E-state index contributed by atoms with van der Waals surface area (Å²) >= 11 is 0. The highest BCUT2D eigenvalue weighted by Crippen LogP contribution is 2.51. The Kier molecular flexibility index (Phi) is 6.00. The largest absolute Gasteiger partial charge is 0.416 e. The average Bonchev–Trinajstić information content (AvgIpc) is 2.99. The van der Waals surface area contributed by atoms with Crippen molar-refractivity contribution in [1.82, 2.24) is 0 Å². The van der Waals surface area contributed by atoms with Crippen molar-refractivity contribution in [3.63, 3.8) is 0 Å². The summed E-state index contributed by atoms with van der Waals surface area (Å²) in [6.07, 6.45) is -9.26. The van der Waals surface area contributed by atoms with Crippen molar-refractivity contribution in [2.45, 2.75) is 37.5 Å². The second-order valence-electron chi connectivity index (χ2n) is 8.97. The Balaban J connectivity index is 1.92. The zero-order valence-electron chi connectivity index (χ0n) is 19.4. The number of carbonyl (C=O) groups excluding carboxylic acids is 1. The predicted octanol–water partition coefficient (Wildman–Crippen LogP) is 6.67. The number of hydrogen-bond donors (Lipinski definition) is 1. The van der Waals surface area contributed by atoms with Gasteiger partial charge < -0.3 is 5.11 Å². The van der Waals surface area contributed by atoms with E-state index in [0.29, 0.717) is 0 Å². The smallest absolute Gasteiger partial charge is 0.365 e. The number of amides is 2. The third kappa shape index (κ3) is 4.17. The van der Waals surface area contributed by atoms with Gasteiger partial charge in [0.1, 0.15) is 0 Å². The molecule has 1 fully saturated rings. The third-order valence-electron chi connectivity index (χ3n) is 6.42. The van der Waals surface area contributed by atoms with E-state index >= 15 is 0 Å². The van der Waals surface area contributed by atoms with Crippen molar-refractivity contribution >= 4 is 17.4 Å². The van der Waals surface area contributed by atoms with Gasteiger partial charge in [-0.2, -0.15) is 31.6 Å². The maximum absolute atomic E-state index is 13.8. The van der Waals surface area contributed by atoms with Gasteiger partial charge >= 0.3 is 18.4 Å². The minimum Gasteiger partial charge on any atom is -0.365 e. The molecule has 1 atom stereocenters. The highest BCUT2D eigenvalue weighted by molar-refractivity contribution is 6.09. The van der Waals surface area contributed by atoms with Crippen molar-refractivity contribution in [3.8, 4) is 6.07 Å². The number of aliphatic hydroxyl groups is 1. The average molecular weight is 519 g/mol. The number of anilines is 2. The van der Waals surface area contributed by atoms with Crippen LogP contribution in [0, 0.1) is 11.3 Å². The van der Waals surface area contributed by atoms with Gasteiger partial charge in [-0.1, -0.05) is 12.1 Å². The molecule has 2 amide bonds. The molecule has 4 rings (SSSR count). The predicted molar refractivity (Wildman–Crippen MR) is 122 cm³/mol. The van der Waals surface area contributed by atoms with Crippen LogP contribution in [0.2, 0.25) is 0 Å². The Morgan fingerprint density at radius 1 is 0.784 bits per heavy atom. The molecule has 1 N–H and O–H groups in total. The molecule has 0 aliphatic carbocycles. The zero-order valence-corrected chi connectivity index (χ0v) is 19.4. The van der Waals surface area contributed by atoms with Crippen LogP contribution in [0.5, 0.6) is 0 Å². The lowest BCUT2D eigenvalue weighted by Crippen LogP contribution is -2.56. The number of nitrogens with zero attached hydrogens (tertiary/aromatic N) is 3. The fraction of sp³-hybridized carbons (Fsp3) is 0.231. The molecule has 0 spiro atoms. The van der Waals surface area contributed by atoms with Crippen molar-refractivity contribution < 1.29 is 36.2 Å². The summed E-state index contributed by atoms with van der Waals surface area (Å²) in [4.78, 5) is 15.8. The van der Waals surface area contributed by atoms with Crippen LogP contribution in [0.3, 0.4) is 0 Å². The van der Waals surface area contributed by atoms with E-state index in [-0.39, 0.29) is 22.5 Å². The number of hydrogen-bond acceptors (Lipinski definition) is 3. The maximum Gasteiger partial charge on any atom is 0.416 e. The van der Waals surface area contributed by atoms with Crippen molar-refractivity contribution in [1.29, 1.82) is 5.26 Å². The molecule has 3 aromatic rings. The first kappa shape index (κ1) is 26.0. The molecule has 0 aromatic heterocycles. The quantitative estimate of drug-likeness (QED) is 0.393. The van der Waals surface area contributed by atoms with Crippen LogP contribution in [-0.4, -0.2) is 16.7 Å². The van der Waals surface area contributed by atoms with Gasteiger partial charge in [0.25, 0.3) is 0 Å². The minimum absolute atomic E-state index is 0.0206. The van der Waals surface area contributed by atoms with Gasteiger partial charge in [-0.15, -0.1) is 0 Å². The van der Waals surface area contributed by atoms with Crippen molar-refractivity contribution in [2.24, 2.45) is 0 Å². The van der Waals surface area contributed by atoms with Crippen LogP contribution < -0.4 is 9.80 Å². The van der Waals surface area contributed by atoms with Crippen LogP contribution in [-0.2, 0) is 18.1 Å². The highest BCUT2D eigenvalue weighted by Gasteiger charge is 2.64. The summed E-state index contributed by atoms with van der Waals surface area (Å²) in [6.45, 7) is 2.93. The Labute approximate surface area is 207 Å². The topological polar surface area (TPSA) is 67.6 Å². The van der Waals surface area contributed by atoms with E-state index in [0.717, 1.165) is 58.3 Å². The summed E-state index contributed by atoms with van der Waals surface area (Å²) < 4.78 is 78.8. The van der Waals surface area contributed by atoms with Gasteiger partial charge in [0, 0.05) is 16.9 Å². The third-order valence-corrected chi connectivity index (χ3v) is 6.42. The number of rotatable bonds is 3. The van der Waals surface area contributed by atoms with Crippen LogP contribution in [0.15, 0.2) is 72.8 Å². The second kappa shape index (κ2) is 8.52. The summed E-state index contributed by atoms with van der Waals surface area (Å²) in [5.74, 6) is 0. The lowest BCUT2D eigenvalue weighted by Gasteiger charge is -2.42. The second-order valence-corrected chi connectivity index (χ2v) is 8.97. The zero-order chi connectivity index (χ0) is 27.4. The number of halogens is 6. The lowest BCUT2D eigenvalue weighted by molar-refractivity contribution is -0.138. The van der Waals surface area contributed by atoms with Gasteiger partial charge in [0.05, 0.1) is 28.3 Å². The van der Waals surface area contributed by atoms with Crippen molar-refractivity contribution in [3.05, 3.63) is 95.1 Å².